The van der Waals surface area contributed by atoms with E-state index in [-0.39, 0.29) is 18.1 Å². The van der Waals surface area contributed by atoms with Gasteiger partial charge in [0.2, 0.25) is 0 Å². The van der Waals surface area contributed by atoms with Crippen molar-refractivity contribution < 1.29 is 23.9 Å². The fourth-order valence-electron chi connectivity index (χ4n) is 4.46. The third kappa shape index (κ3) is 5.91. The van der Waals surface area contributed by atoms with Crippen LogP contribution in [0, 0.1) is 13.8 Å². The Hall–Kier alpha value is -5.50. The summed E-state index contributed by atoms with van der Waals surface area (Å²) < 4.78 is 5.63. The van der Waals surface area contributed by atoms with Gasteiger partial charge in [-0.3, -0.25) is 14.4 Å². The molecule has 0 radical (unpaired) electrons. The van der Waals surface area contributed by atoms with Gasteiger partial charge in [-0.25, -0.2) is 14.6 Å². The van der Waals surface area contributed by atoms with Crippen molar-refractivity contribution in [2.75, 3.05) is 21.7 Å². The lowest BCUT2D eigenvalue weighted by Crippen LogP contribution is -2.57. The number of imide groups is 2. The zero-order valence-electron chi connectivity index (χ0n) is 22.5. The molecule has 8 heteroatoms. The third-order valence-corrected chi connectivity index (χ3v) is 6.50. The number of aryl methyl sites for hydroxylation is 2. The van der Waals surface area contributed by atoms with Crippen LogP contribution in [0.4, 0.5) is 21.9 Å². The van der Waals surface area contributed by atoms with Gasteiger partial charge in [-0.1, -0.05) is 66.2 Å². The van der Waals surface area contributed by atoms with Crippen molar-refractivity contribution in [1.29, 1.82) is 0 Å². The van der Waals surface area contributed by atoms with Crippen molar-refractivity contribution >= 4 is 46.9 Å². The Morgan fingerprint density at radius 1 is 0.756 bits per heavy atom. The summed E-state index contributed by atoms with van der Waals surface area (Å²) in [6, 6.07) is 28.6. The second-order valence-corrected chi connectivity index (χ2v) is 9.52. The van der Waals surface area contributed by atoms with E-state index in [4.69, 9.17) is 4.74 Å². The first-order valence-corrected chi connectivity index (χ1v) is 13.0. The molecule has 8 nitrogen and oxygen atoms in total. The highest BCUT2D eigenvalue weighted by molar-refractivity contribution is 6.46. The summed E-state index contributed by atoms with van der Waals surface area (Å²) in [4.78, 5) is 54.7. The maximum absolute atomic E-state index is 13.5. The lowest BCUT2D eigenvalue weighted by atomic mass is 10.0. The lowest BCUT2D eigenvalue weighted by Gasteiger charge is -2.33. The molecular formula is C33H27N3O5. The first kappa shape index (κ1) is 27.1. The molecule has 0 atom stereocenters. The molecule has 1 N–H and O–H groups in total. The molecular weight excluding hydrogens is 518 g/mol. The van der Waals surface area contributed by atoms with E-state index in [0.29, 0.717) is 22.7 Å². The highest BCUT2D eigenvalue weighted by atomic mass is 16.5. The minimum Gasteiger partial charge on any atom is -0.484 e. The molecule has 0 unspecified atom stereocenters. The van der Waals surface area contributed by atoms with Crippen molar-refractivity contribution in [3.05, 3.63) is 125 Å². The van der Waals surface area contributed by atoms with E-state index < -0.39 is 17.8 Å². The number of nitrogens with one attached hydrogen (secondary N) is 1. The van der Waals surface area contributed by atoms with Crippen molar-refractivity contribution in [3.63, 3.8) is 0 Å². The smallest absolute Gasteiger partial charge is 0.343 e. The largest absolute Gasteiger partial charge is 0.484 e. The Bertz CT molecular complexity index is 1580. The number of ether oxygens (including phenoxy) is 1. The van der Waals surface area contributed by atoms with Crippen LogP contribution in [0.1, 0.15) is 16.7 Å². The second-order valence-electron chi connectivity index (χ2n) is 9.52. The number of hydrogen-bond donors (Lipinski definition) is 1. The highest BCUT2D eigenvalue weighted by Gasteiger charge is 2.43. The summed E-state index contributed by atoms with van der Waals surface area (Å²) in [6.07, 6.45) is 1.44. The van der Waals surface area contributed by atoms with Crippen molar-refractivity contribution in [1.82, 2.24) is 0 Å². The molecule has 4 aromatic carbocycles. The monoisotopic (exact) mass is 545 g/mol. The van der Waals surface area contributed by atoms with Crippen LogP contribution in [-0.4, -0.2) is 30.4 Å². The van der Waals surface area contributed by atoms with Crippen molar-refractivity contribution in [2.45, 2.75) is 13.8 Å². The van der Waals surface area contributed by atoms with Crippen LogP contribution in [0.2, 0.25) is 0 Å². The van der Waals surface area contributed by atoms with Crippen LogP contribution in [0.5, 0.6) is 5.75 Å². The SMILES string of the molecule is Cc1ccc(NC(=O)COc2ccc(C=C3C(=O)N(c4ccccc4)C(=O)N(c4ccccc4)C3=O)cc2)c(C)c1. The first-order chi connectivity index (χ1) is 19.8. The molecule has 41 heavy (non-hydrogen) atoms. The van der Waals surface area contributed by atoms with Gasteiger partial charge in [0.15, 0.2) is 6.61 Å². The van der Waals surface area contributed by atoms with Crippen molar-refractivity contribution in [2.24, 2.45) is 0 Å². The van der Waals surface area contributed by atoms with Gasteiger partial charge >= 0.3 is 6.03 Å². The molecule has 5 amide bonds. The molecule has 0 saturated carbocycles. The Kier molecular flexibility index (Phi) is 7.74. The van der Waals surface area contributed by atoms with Gasteiger partial charge in [0, 0.05) is 5.69 Å². The maximum Gasteiger partial charge on any atom is 0.343 e. The number of urea groups is 1. The van der Waals surface area contributed by atoms with E-state index >= 15 is 0 Å². The normalized spacial score (nSPS) is 13.3. The summed E-state index contributed by atoms with van der Waals surface area (Å²) in [5.74, 6) is -1.30. The Balaban J connectivity index is 1.35. The number of carbonyl (C=O) groups is 4. The molecule has 0 aromatic heterocycles. The summed E-state index contributed by atoms with van der Waals surface area (Å²) >= 11 is 0. The van der Waals surface area contributed by atoms with E-state index in [1.165, 1.54) is 6.08 Å². The highest BCUT2D eigenvalue weighted by Crippen LogP contribution is 2.29. The van der Waals surface area contributed by atoms with E-state index in [1.54, 1.807) is 84.9 Å². The predicted molar refractivity (Wildman–Crippen MR) is 158 cm³/mol. The van der Waals surface area contributed by atoms with Gasteiger partial charge in [-0.2, -0.15) is 0 Å². The fourth-order valence-corrected chi connectivity index (χ4v) is 4.46. The predicted octanol–water partition coefficient (Wildman–Crippen LogP) is 5.90. The molecule has 5 rings (SSSR count). The number of carbonyl (C=O) groups excluding carboxylic acids is 4. The lowest BCUT2D eigenvalue weighted by molar-refractivity contribution is -0.121. The number of para-hydroxylation sites is 2. The number of benzene rings is 4. The summed E-state index contributed by atoms with van der Waals surface area (Å²) in [5, 5.41) is 2.84. The molecule has 1 heterocycles. The average Bonchev–Trinajstić information content (AvgIpc) is 2.97. The number of amides is 5. The molecule has 1 saturated heterocycles. The minimum absolute atomic E-state index is 0.168. The van der Waals surface area contributed by atoms with Gasteiger partial charge < -0.3 is 10.1 Å². The third-order valence-electron chi connectivity index (χ3n) is 6.50. The topological polar surface area (TPSA) is 96.0 Å². The Morgan fingerprint density at radius 2 is 1.32 bits per heavy atom. The summed E-state index contributed by atoms with van der Waals surface area (Å²) in [7, 11) is 0. The van der Waals surface area contributed by atoms with Crippen LogP contribution in [0.15, 0.2) is 109 Å². The second kappa shape index (κ2) is 11.7. The van der Waals surface area contributed by atoms with Crippen LogP contribution in [0.25, 0.3) is 6.08 Å². The molecule has 204 valence electrons. The standard InChI is InChI=1S/C33H27N3O5/c1-22-13-18-29(23(2)19-22)34-30(37)21-41-27-16-14-24(15-17-27)20-28-31(38)35(25-9-5-3-6-10-25)33(40)36(32(28)39)26-11-7-4-8-12-26/h3-20H,21H2,1-2H3,(H,34,37). The number of rotatable bonds is 7. The molecule has 0 spiro atoms. The van der Waals surface area contributed by atoms with Gasteiger partial charge in [0.1, 0.15) is 11.3 Å². The number of anilines is 3. The summed E-state index contributed by atoms with van der Waals surface area (Å²) in [5.41, 5.74) is 3.87. The first-order valence-electron chi connectivity index (χ1n) is 13.0. The molecule has 1 aliphatic rings. The van der Waals surface area contributed by atoms with Crippen LogP contribution in [-0.2, 0) is 14.4 Å². The van der Waals surface area contributed by atoms with Crippen LogP contribution >= 0.6 is 0 Å². The quantitative estimate of drug-likeness (QED) is 0.230. The number of nitrogens with zero attached hydrogens (tertiary/aromatic N) is 2. The molecule has 1 fully saturated rings. The van der Waals surface area contributed by atoms with Gasteiger partial charge in [0.05, 0.1) is 11.4 Å². The van der Waals surface area contributed by atoms with Crippen LogP contribution < -0.4 is 19.9 Å². The minimum atomic E-state index is -0.752. The van der Waals surface area contributed by atoms with Gasteiger partial charge in [-0.15, -0.1) is 0 Å². The Morgan fingerprint density at radius 3 is 1.85 bits per heavy atom. The molecule has 0 bridgehead atoms. The van der Waals surface area contributed by atoms with E-state index in [1.807, 2.05) is 32.0 Å². The maximum atomic E-state index is 13.5. The number of barbiturate groups is 1. The summed E-state index contributed by atoms with van der Waals surface area (Å²) in [6.45, 7) is 3.72. The molecule has 0 aliphatic carbocycles. The zero-order chi connectivity index (χ0) is 28.9. The van der Waals surface area contributed by atoms with Gasteiger partial charge in [-0.05, 0) is 73.5 Å². The average molecular weight is 546 g/mol. The molecule has 4 aromatic rings. The van der Waals surface area contributed by atoms with Crippen molar-refractivity contribution in [3.8, 4) is 5.75 Å². The number of hydrogen-bond acceptors (Lipinski definition) is 5. The van der Waals surface area contributed by atoms with Crippen LogP contribution in [0.3, 0.4) is 0 Å². The van der Waals surface area contributed by atoms with Gasteiger partial charge in [0.25, 0.3) is 17.7 Å². The molecule has 1 aliphatic heterocycles. The van der Waals surface area contributed by atoms with E-state index in [0.717, 1.165) is 26.6 Å². The zero-order valence-corrected chi connectivity index (χ0v) is 22.5. The Labute approximate surface area is 237 Å². The van der Waals surface area contributed by atoms with E-state index in [9.17, 15) is 19.2 Å². The van der Waals surface area contributed by atoms with E-state index in [2.05, 4.69) is 5.32 Å². The fraction of sp³-hybridized carbons (Fsp3) is 0.0909.